The summed E-state index contributed by atoms with van der Waals surface area (Å²) in [7, 11) is -2.11. The highest BCUT2D eigenvalue weighted by Gasteiger charge is 2.28. The highest BCUT2D eigenvalue weighted by molar-refractivity contribution is 7.89. The van der Waals surface area contributed by atoms with Gasteiger partial charge in [-0.2, -0.15) is 4.31 Å². The molecule has 0 bridgehead atoms. The minimum absolute atomic E-state index is 0.0903. The first-order valence-corrected chi connectivity index (χ1v) is 8.11. The molecular formula is C14H19N3O3S. The Morgan fingerprint density at radius 1 is 1.33 bits per heavy atom. The van der Waals surface area contributed by atoms with Crippen molar-refractivity contribution in [3.63, 3.8) is 0 Å². The Morgan fingerprint density at radius 2 is 1.95 bits per heavy atom. The highest BCUT2D eigenvalue weighted by atomic mass is 32.2. The van der Waals surface area contributed by atoms with E-state index in [0.29, 0.717) is 12.2 Å². The van der Waals surface area contributed by atoms with Crippen LogP contribution in [0.2, 0.25) is 0 Å². The van der Waals surface area contributed by atoms with Crippen molar-refractivity contribution in [1.29, 1.82) is 0 Å². The first-order valence-electron chi connectivity index (χ1n) is 6.67. The van der Waals surface area contributed by atoms with Crippen LogP contribution in [0.3, 0.4) is 0 Å². The van der Waals surface area contributed by atoms with Crippen molar-refractivity contribution in [1.82, 2.24) is 14.3 Å². The number of sulfonamides is 1. The molecule has 0 saturated heterocycles. The van der Waals surface area contributed by atoms with E-state index in [1.807, 2.05) is 6.92 Å². The maximum absolute atomic E-state index is 12.5. The summed E-state index contributed by atoms with van der Waals surface area (Å²) in [5.74, 6) is 0.789. The van der Waals surface area contributed by atoms with Gasteiger partial charge in [-0.15, -0.1) is 0 Å². The van der Waals surface area contributed by atoms with Crippen molar-refractivity contribution in [3.05, 3.63) is 41.9 Å². The second-order valence-electron chi connectivity index (χ2n) is 4.84. The molecular weight excluding hydrogens is 290 g/mol. The summed E-state index contributed by atoms with van der Waals surface area (Å²) in [4.78, 5) is 6.85. The number of benzene rings is 1. The minimum atomic E-state index is -3.63. The van der Waals surface area contributed by atoms with Gasteiger partial charge in [0.1, 0.15) is 11.6 Å². The Bertz CT molecular complexity index is 707. The Morgan fingerprint density at radius 3 is 2.48 bits per heavy atom. The fraction of sp³-hybridized carbons (Fsp3) is 0.357. The molecule has 0 aliphatic heterocycles. The molecule has 1 heterocycles. The summed E-state index contributed by atoms with van der Waals surface area (Å²) in [5.41, 5.74) is 0.800. The van der Waals surface area contributed by atoms with Crippen LogP contribution in [0, 0.1) is 0 Å². The van der Waals surface area contributed by atoms with E-state index in [4.69, 9.17) is 0 Å². The number of nitrogens with one attached hydrogen (secondary N) is 1. The molecule has 1 aromatic carbocycles. The van der Waals surface area contributed by atoms with Crippen LogP contribution in [-0.4, -0.2) is 34.8 Å². The fourth-order valence-corrected chi connectivity index (χ4v) is 3.26. The second kappa shape index (κ2) is 5.87. The molecule has 0 aliphatic rings. The van der Waals surface area contributed by atoms with Crippen molar-refractivity contribution < 1.29 is 13.5 Å². The molecule has 7 heteroatoms. The van der Waals surface area contributed by atoms with E-state index >= 15 is 0 Å². The average Bonchev–Trinajstić information content (AvgIpc) is 2.96. The number of phenolic OH excluding ortho intramolecular Hbond substituents is 1. The Labute approximate surface area is 124 Å². The van der Waals surface area contributed by atoms with Gasteiger partial charge >= 0.3 is 0 Å². The van der Waals surface area contributed by atoms with E-state index < -0.39 is 10.0 Å². The van der Waals surface area contributed by atoms with Crippen LogP contribution in [0.5, 0.6) is 5.75 Å². The smallest absolute Gasteiger partial charge is 0.260 e. The molecule has 0 radical (unpaired) electrons. The van der Waals surface area contributed by atoms with Gasteiger partial charge in [-0.25, -0.2) is 13.4 Å². The number of H-pyrrole nitrogens is 1. The molecule has 21 heavy (non-hydrogen) atoms. The van der Waals surface area contributed by atoms with Gasteiger partial charge in [0.25, 0.3) is 10.0 Å². The van der Waals surface area contributed by atoms with Gasteiger partial charge in [0.05, 0.1) is 6.20 Å². The van der Waals surface area contributed by atoms with E-state index in [2.05, 4.69) is 9.97 Å². The average molecular weight is 309 g/mol. The van der Waals surface area contributed by atoms with Crippen LogP contribution in [0.15, 0.2) is 35.5 Å². The summed E-state index contributed by atoms with van der Waals surface area (Å²) >= 11 is 0. The summed E-state index contributed by atoms with van der Waals surface area (Å²) < 4.78 is 26.4. The molecule has 1 unspecified atom stereocenters. The maximum Gasteiger partial charge on any atom is 0.260 e. The molecule has 114 valence electrons. The predicted octanol–water partition coefficient (Wildman–Crippen LogP) is 2.06. The Kier molecular flexibility index (Phi) is 4.34. The predicted molar refractivity (Wildman–Crippen MR) is 79.4 cm³/mol. The number of hydrogen-bond acceptors (Lipinski definition) is 4. The van der Waals surface area contributed by atoms with Crippen molar-refractivity contribution >= 4 is 10.0 Å². The van der Waals surface area contributed by atoms with Gasteiger partial charge in [-0.05, 0) is 24.6 Å². The molecule has 0 spiro atoms. The molecule has 1 aromatic heterocycles. The van der Waals surface area contributed by atoms with Crippen LogP contribution in [0.25, 0.3) is 0 Å². The third-order valence-corrected chi connectivity index (χ3v) is 5.36. The summed E-state index contributed by atoms with van der Waals surface area (Å²) in [5, 5.41) is 9.39. The Hall–Kier alpha value is -1.86. The third-order valence-electron chi connectivity index (χ3n) is 3.52. The number of aromatic nitrogens is 2. The minimum Gasteiger partial charge on any atom is -0.508 e. The number of aromatic amines is 1. The number of imidazole rings is 1. The summed E-state index contributed by atoms with van der Waals surface area (Å²) in [6, 6.07) is 6.13. The lowest BCUT2D eigenvalue weighted by Gasteiger charge is -2.23. The van der Waals surface area contributed by atoms with Gasteiger partial charge in [-0.3, -0.25) is 0 Å². The lowest BCUT2D eigenvalue weighted by atomic mass is 10.1. The van der Waals surface area contributed by atoms with Crippen LogP contribution < -0.4 is 0 Å². The van der Waals surface area contributed by atoms with Crippen molar-refractivity contribution in [2.45, 2.75) is 31.3 Å². The monoisotopic (exact) mass is 309 g/mol. The third kappa shape index (κ3) is 3.08. The zero-order valence-corrected chi connectivity index (χ0v) is 13.1. The standard InChI is InChI=1S/C14H19N3O3S/c1-4-13-15-9-14(16-13)21(19,20)17(3)10(2)11-5-7-12(18)8-6-11/h5-10,18H,4H2,1-3H3,(H,15,16). The molecule has 1 atom stereocenters. The lowest BCUT2D eigenvalue weighted by Crippen LogP contribution is -2.30. The van der Waals surface area contributed by atoms with Gasteiger partial charge < -0.3 is 10.1 Å². The van der Waals surface area contributed by atoms with Crippen LogP contribution in [0.1, 0.15) is 31.3 Å². The molecule has 2 aromatic rings. The molecule has 0 amide bonds. The van der Waals surface area contributed by atoms with E-state index in [1.54, 1.807) is 19.1 Å². The number of aryl methyl sites for hydroxylation is 1. The van der Waals surface area contributed by atoms with Gasteiger partial charge in [0, 0.05) is 19.5 Å². The molecule has 2 N–H and O–H groups in total. The zero-order valence-electron chi connectivity index (χ0n) is 12.2. The number of phenols is 1. The number of nitrogens with zero attached hydrogens (tertiary/aromatic N) is 2. The van der Waals surface area contributed by atoms with E-state index in [0.717, 1.165) is 5.56 Å². The van der Waals surface area contributed by atoms with Crippen LogP contribution >= 0.6 is 0 Å². The summed E-state index contributed by atoms with van der Waals surface area (Å²) in [6.45, 7) is 3.69. The largest absolute Gasteiger partial charge is 0.508 e. The van der Waals surface area contributed by atoms with Gasteiger partial charge in [0.15, 0.2) is 5.03 Å². The topological polar surface area (TPSA) is 86.3 Å². The van der Waals surface area contributed by atoms with Gasteiger partial charge in [0.2, 0.25) is 0 Å². The molecule has 6 nitrogen and oxygen atoms in total. The van der Waals surface area contributed by atoms with Crippen molar-refractivity contribution in [2.24, 2.45) is 0 Å². The number of rotatable bonds is 5. The van der Waals surface area contributed by atoms with Crippen LogP contribution in [0.4, 0.5) is 0 Å². The van der Waals surface area contributed by atoms with Crippen molar-refractivity contribution in [3.8, 4) is 5.75 Å². The zero-order chi connectivity index (χ0) is 15.6. The highest BCUT2D eigenvalue weighted by Crippen LogP contribution is 2.26. The molecule has 0 fully saturated rings. The number of aromatic hydroxyl groups is 1. The second-order valence-corrected chi connectivity index (χ2v) is 6.80. The fourth-order valence-electron chi connectivity index (χ4n) is 1.98. The quantitative estimate of drug-likeness (QED) is 0.885. The molecule has 2 rings (SSSR count). The van der Waals surface area contributed by atoms with Gasteiger partial charge in [-0.1, -0.05) is 19.1 Å². The summed E-state index contributed by atoms with van der Waals surface area (Å²) in [6.07, 6.45) is 1.99. The Balaban J connectivity index is 2.28. The first-order chi connectivity index (χ1) is 9.86. The van der Waals surface area contributed by atoms with Crippen molar-refractivity contribution in [2.75, 3.05) is 7.05 Å². The number of hydrogen-bond donors (Lipinski definition) is 2. The first kappa shape index (κ1) is 15.5. The SMILES string of the molecule is CCc1ncc(S(=O)(=O)N(C)C(C)c2ccc(O)cc2)[nH]1. The maximum atomic E-state index is 12.5. The van der Waals surface area contributed by atoms with Crippen LogP contribution in [-0.2, 0) is 16.4 Å². The van der Waals surface area contributed by atoms with E-state index in [1.165, 1.54) is 29.7 Å². The normalized spacial score (nSPS) is 13.5. The molecule has 0 saturated carbocycles. The van der Waals surface area contributed by atoms with E-state index in [9.17, 15) is 13.5 Å². The lowest BCUT2D eigenvalue weighted by molar-refractivity contribution is 0.396. The van der Waals surface area contributed by atoms with E-state index in [-0.39, 0.29) is 16.8 Å². The molecule has 0 aliphatic carbocycles.